The number of hydrogen-bond donors (Lipinski definition) is 0. The first kappa shape index (κ1) is 14.2. The lowest BCUT2D eigenvalue weighted by Crippen LogP contribution is -2.44. The molecular formula is C13H23NO3. The van der Waals surface area contributed by atoms with Crippen molar-refractivity contribution in [1.82, 2.24) is 4.90 Å². The Morgan fingerprint density at radius 3 is 2.59 bits per heavy atom. The summed E-state index contributed by atoms with van der Waals surface area (Å²) in [6.07, 6.45) is 3.45. The van der Waals surface area contributed by atoms with Gasteiger partial charge in [0.05, 0.1) is 6.04 Å². The van der Waals surface area contributed by atoms with Gasteiger partial charge >= 0.3 is 0 Å². The average Bonchev–Trinajstić information content (AvgIpc) is 2.51. The lowest BCUT2D eigenvalue weighted by atomic mass is 10.0. The molecule has 0 saturated heterocycles. The molecule has 0 aliphatic carbocycles. The Kier molecular flexibility index (Phi) is 5.65. The fourth-order valence-electron chi connectivity index (χ4n) is 2.41. The van der Waals surface area contributed by atoms with Crippen LogP contribution in [0.1, 0.15) is 33.1 Å². The van der Waals surface area contributed by atoms with Gasteiger partial charge in [0.1, 0.15) is 0 Å². The van der Waals surface area contributed by atoms with Crippen molar-refractivity contribution in [2.75, 3.05) is 20.8 Å². The second-order valence-corrected chi connectivity index (χ2v) is 4.46. The highest BCUT2D eigenvalue weighted by molar-refractivity contribution is 5.49. The van der Waals surface area contributed by atoms with Gasteiger partial charge in [-0.25, -0.2) is 0 Å². The highest BCUT2D eigenvalue weighted by Gasteiger charge is 2.29. The van der Waals surface area contributed by atoms with Crippen LogP contribution in [0.2, 0.25) is 0 Å². The van der Waals surface area contributed by atoms with E-state index in [1.54, 1.807) is 19.1 Å². The summed E-state index contributed by atoms with van der Waals surface area (Å²) < 4.78 is 10.6. The van der Waals surface area contributed by atoms with Gasteiger partial charge in [-0.1, -0.05) is 18.1 Å². The number of hydrogen-bond acceptors (Lipinski definition) is 3. The van der Waals surface area contributed by atoms with Crippen LogP contribution >= 0.6 is 0 Å². The van der Waals surface area contributed by atoms with E-state index in [2.05, 4.69) is 13.8 Å². The molecule has 1 aliphatic rings. The van der Waals surface area contributed by atoms with Crippen LogP contribution in [0.5, 0.6) is 0 Å². The molecule has 0 N–H and O–H groups in total. The van der Waals surface area contributed by atoms with Crippen LogP contribution in [-0.4, -0.2) is 44.4 Å². The molecule has 4 heteroatoms. The van der Waals surface area contributed by atoms with Crippen LogP contribution < -0.4 is 0 Å². The zero-order valence-corrected chi connectivity index (χ0v) is 11.2. The van der Waals surface area contributed by atoms with E-state index in [1.807, 2.05) is 0 Å². The average molecular weight is 241 g/mol. The Balaban J connectivity index is 2.86. The van der Waals surface area contributed by atoms with Gasteiger partial charge in [-0.2, -0.15) is 0 Å². The molecule has 0 radical (unpaired) electrons. The number of nitrogens with zero attached hydrogens (tertiary/aromatic N) is 1. The van der Waals surface area contributed by atoms with E-state index in [-0.39, 0.29) is 12.3 Å². The zero-order valence-electron chi connectivity index (χ0n) is 11.2. The van der Waals surface area contributed by atoms with Crippen molar-refractivity contribution in [2.45, 2.75) is 45.4 Å². The summed E-state index contributed by atoms with van der Waals surface area (Å²) in [6.45, 7) is 4.98. The molecule has 0 aromatic rings. The van der Waals surface area contributed by atoms with Crippen molar-refractivity contribution in [3.05, 3.63) is 11.1 Å². The molecule has 0 unspecified atom stereocenters. The molecule has 1 heterocycles. The molecule has 0 fully saturated rings. The predicted molar refractivity (Wildman–Crippen MR) is 66.6 cm³/mol. The van der Waals surface area contributed by atoms with Crippen LogP contribution in [0.15, 0.2) is 11.1 Å². The Morgan fingerprint density at radius 1 is 1.47 bits per heavy atom. The smallest absolute Gasteiger partial charge is 0.210 e. The predicted octanol–water partition coefficient (Wildman–Crippen LogP) is 1.95. The zero-order chi connectivity index (χ0) is 12.8. The normalized spacial score (nSPS) is 21.9. The molecule has 0 spiro atoms. The SMILES string of the molecule is CCC1=C(C)CC[C@H](C(OC)OC)N(C=O)C1. The minimum absolute atomic E-state index is 0.00139. The molecule has 0 saturated carbocycles. The maximum atomic E-state index is 11.2. The lowest BCUT2D eigenvalue weighted by molar-refractivity contribution is -0.154. The third kappa shape index (κ3) is 3.30. The van der Waals surface area contributed by atoms with Gasteiger partial charge in [-0.05, 0) is 26.2 Å². The Labute approximate surface area is 104 Å². The van der Waals surface area contributed by atoms with Gasteiger partial charge in [-0.15, -0.1) is 0 Å². The molecule has 0 aromatic heterocycles. The largest absolute Gasteiger partial charge is 0.354 e. The Bertz CT molecular complexity index is 284. The van der Waals surface area contributed by atoms with Crippen molar-refractivity contribution >= 4 is 6.41 Å². The van der Waals surface area contributed by atoms with Crippen molar-refractivity contribution in [1.29, 1.82) is 0 Å². The van der Waals surface area contributed by atoms with E-state index in [1.165, 1.54) is 11.1 Å². The van der Waals surface area contributed by atoms with Crippen molar-refractivity contribution in [3.8, 4) is 0 Å². The molecule has 17 heavy (non-hydrogen) atoms. The number of carbonyl (C=O) groups is 1. The molecular weight excluding hydrogens is 218 g/mol. The molecule has 1 aliphatic heterocycles. The number of methoxy groups -OCH3 is 2. The van der Waals surface area contributed by atoms with Gasteiger partial charge < -0.3 is 14.4 Å². The van der Waals surface area contributed by atoms with E-state index in [4.69, 9.17) is 9.47 Å². The van der Waals surface area contributed by atoms with Crippen LogP contribution in [0.4, 0.5) is 0 Å². The van der Waals surface area contributed by atoms with E-state index >= 15 is 0 Å². The van der Waals surface area contributed by atoms with Crippen molar-refractivity contribution in [2.24, 2.45) is 0 Å². The summed E-state index contributed by atoms with van der Waals surface area (Å²) in [7, 11) is 3.23. The second-order valence-electron chi connectivity index (χ2n) is 4.46. The van der Waals surface area contributed by atoms with Crippen LogP contribution in [0.3, 0.4) is 0 Å². The number of amides is 1. The maximum Gasteiger partial charge on any atom is 0.210 e. The van der Waals surface area contributed by atoms with Crippen molar-refractivity contribution < 1.29 is 14.3 Å². The van der Waals surface area contributed by atoms with Gasteiger partial charge in [0.2, 0.25) is 6.41 Å². The molecule has 0 aromatic carbocycles. The standard InChI is InChI=1S/C13H23NO3/c1-5-11-8-14(9-15)12(7-6-10(11)2)13(16-3)17-4/h9,12-13H,5-8H2,1-4H3/t12-/m1/s1. The topological polar surface area (TPSA) is 38.8 Å². The van der Waals surface area contributed by atoms with Crippen LogP contribution in [0, 0.1) is 0 Å². The molecule has 1 rings (SSSR count). The Hall–Kier alpha value is -0.870. The maximum absolute atomic E-state index is 11.2. The number of rotatable bonds is 5. The van der Waals surface area contributed by atoms with Crippen LogP contribution in [-0.2, 0) is 14.3 Å². The molecule has 1 atom stereocenters. The van der Waals surface area contributed by atoms with E-state index in [9.17, 15) is 4.79 Å². The monoisotopic (exact) mass is 241 g/mol. The summed E-state index contributed by atoms with van der Waals surface area (Å²) in [5.41, 5.74) is 2.75. The number of allylic oxidation sites excluding steroid dienone is 1. The quantitative estimate of drug-likeness (QED) is 0.419. The minimum Gasteiger partial charge on any atom is -0.354 e. The van der Waals surface area contributed by atoms with Gasteiger partial charge in [0.15, 0.2) is 6.29 Å². The summed E-state index contributed by atoms with van der Waals surface area (Å²) in [4.78, 5) is 13.0. The molecule has 98 valence electrons. The first-order chi connectivity index (χ1) is 8.17. The summed E-state index contributed by atoms with van der Waals surface area (Å²) in [5, 5.41) is 0. The highest BCUT2D eigenvalue weighted by atomic mass is 16.7. The second kappa shape index (κ2) is 6.77. The van der Waals surface area contributed by atoms with E-state index in [0.717, 1.165) is 25.7 Å². The third-order valence-corrected chi connectivity index (χ3v) is 3.56. The number of ether oxygens (including phenoxy) is 2. The summed E-state index contributed by atoms with van der Waals surface area (Å²) >= 11 is 0. The van der Waals surface area contributed by atoms with Crippen LogP contribution in [0.25, 0.3) is 0 Å². The lowest BCUT2D eigenvalue weighted by Gasteiger charge is -2.31. The van der Waals surface area contributed by atoms with Crippen molar-refractivity contribution in [3.63, 3.8) is 0 Å². The first-order valence-electron chi connectivity index (χ1n) is 6.12. The summed E-state index contributed by atoms with van der Waals surface area (Å²) in [5.74, 6) is 0. The van der Waals surface area contributed by atoms with E-state index in [0.29, 0.717) is 6.54 Å². The fourth-order valence-corrected chi connectivity index (χ4v) is 2.41. The molecule has 0 bridgehead atoms. The van der Waals surface area contributed by atoms with Gasteiger partial charge in [0, 0.05) is 20.8 Å². The Morgan fingerprint density at radius 2 is 2.12 bits per heavy atom. The van der Waals surface area contributed by atoms with Gasteiger partial charge in [-0.3, -0.25) is 4.79 Å². The van der Waals surface area contributed by atoms with E-state index < -0.39 is 0 Å². The molecule has 4 nitrogen and oxygen atoms in total. The highest BCUT2D eigenvalue weighted by Crippen LogP contribution is 2.25. The number of carbonyl (C=O) groups excluding carboxylic acids is 1. The first-order valence-corrected chi connectivity index (χ1v) is 6.12. The third-order valence-electron chi connectivity index (χ3n) is 3.56. The fraction of sp³-hybridized carbons (Fsp3) is 0.769. The summed E-state index contributed by atoms with van der Waals surface area (Å²) in [6, 6.07) is 0.00139. The molecule has 1 amide bonds. The van der Waals surface area contributed by atoms with Gasteiger partial charge in [0.25, 0.3) is 0 Å². The minimum atomic E-state index is -0.343.